The maximum atomic E-state index is 12.1. The van der Waals surface area contributed by atoms with Gasteiger partial charge in [-0.25, -0.2) is 8.42 Å². The van der Waals surface area contributed by atoms with Crippen LogP contribution in [0.2, 0.25) is 0 Å². The van der Waals surface area contributed by atoms with E-state index < -0.39 is 9.84 Å². The fourth-order valence-corrected chi connectivity index (χ4v) is 5.05. The number of sulfone groups is 1. The number of furan rings is 1. The summed E-state index contributed by atoms with van der Waals surface area (Å²) in [6.45, 7) is 2.06. The first-order chi connectivity index (χ1) is 12.4. The zero-order valence-electron chi connectivity index (χ0n) is 14.6. The van der Waals surface area contributed by atoms with Gasteiger partial charge in [-0.1, -0.05) is 19.1 Å². The minimum Gasteiger partial charge on any atom is -0.464 e. The van der Waals surface area contributed by atoms with Crippen LogP contribution in [0.15, 0.2) is 28.9 Å². The third-order valence-electron chi connectivity index (χ3n) is 4.62. The number of amides is 2. The molecule has 2 N–H and O–H groups in total. The van der Waals surface area contributed by atoms with Crippen molar-refractivity contribution in [1.82, 2.24) is 10.9 Å². The number of benzene rings is 1. The van der Waals surface area contributed by atoms with E-state index in [-0.39, 0.29) is 42.1 Å². The Labute approximate surface area is 152 Å². The molecule has 0 saturated carbocycles. The van der Waals surface area contributed by atoms with E-state index in [0.29, 0.717) is 6.42 Å². The number of hydrazine groups is 1. The largest absolute Gasteiger partial charge is 0.464 e. The maximum Gasteiger partial charge on any atom is 0.242 e. The minimum atomic E-state index is -3.01. The van der Waals surface area contributed by atoms with Gasteiger partial charge < -0.3 is 4.42 Å². The molecule has 140 valence electrons. The average Bonchev–Trinajstić information content (AvgIpc) is 3.15. The molecule has 0 aliphatic carbocycles. The Kier molecular flexibility index (Phi) is 5.31. The van der Waals surface area contributed by atoms with Crippen LogP contribution in [0.4, 0.5) is 0 Å². The quantitative estimate of drug-likeness (QED) is 0.767. The molecule has 26 heavy (non-hydrogen) atoms. The highest BCUT2D eigenvalue weighted by molar-refractivity contribution is 7.91. The van der Waals surface area contributed by atoms with Crippen molar-refractivity contribution in [3.8, 4) is 0 Å². The normalized spacial score (nSPS) is 18.7. The van der Waals surface area contributed by atoms with E-state index in [1.54, 1.807) is 6.26 Å². The van der Waals surface area contributed by atoms with Crippen molar-refractivity contribution in [2.75, 3.05) is 11.5 Å². The number of rotatable bonds is 5. The van der Waals surface area contributed by atoms with E-state index in [1.165, 1.54) is 0 Å². The van der Waals surface area contributed by atoms with Gasteiger partial charge in [-0.2, -0.15) is 0 Å². The van der Waals surface area contributed by atoms with E-state index in [2.05, 4.69) is 17.8 Å². The SMILES string of the molecule is CCc1ccc2c(CC(=O)NNC(=O)C[C@@H]3CCS(=O)(=O)C3)coc2c1. The summed E-state index contributed by atoms with van der Waals surface area (Å²) in [5.41, 5.74) is 7.36. The Morgan fingerprint density at radius 3 is 2.69 bits per heavy atom. The van der Waals surface area contributed by atoms with E-state index in [4.69, 9.17) is 4.42 Å². The van der Waals surface area contributed by atoms with Gasteiger partial charge in [-0.3, -0.25) is 20.4 Å². The summed E-state index contributed by atoms with van der Waals surface area (Å²) in [5, 5.41) is 0.875. The summed E-state index contributed by atoms with van der Waals surface area (Å²) >= 11 is 0. The molecular formula is C18H22N2O5S. The predicted octanol–water partition coefficient (Wildman–Crippen LogP) is 1.51. The standard InChI is InChI=1S/C18H22N2O5S/c1-2-12-3-4-15-14(10-25-16(15)7-12)9-18(22)20-19-17(21)8-13-5-6-26(23,24)11-13/h3-4,7,10,13H,2,5-6,8-9,11H2,1H3,(H,19,21)(H,20,22)/t13-/m0/s1. The smallest absolute Gasteiger partial charge is 0.242 e. The second-order valence-electron chi connectivity index (χ2n) is 6.69. The Hall–Kier alpha value is -2.35. The van der Waals surface area contributed by atoms with Crippen LogP contribution in [0.3, 0.4) is 0 Å². The highest BCUT2D eigenvalue weighted by Gasteiger charge is 2.29. The molecule has 8 heteroatoms. The molecule has 2 amide bonds. The number of hydrogen-bond donors (Lipinski definition) is 2. The van der Waals surface area contributed by atoms with Gasteiger partial charge >= 0.3 is 0 Å². The van der Waals surface area contributed by atoms with Gasteiger partial charge in [0.25, 0.3) is 0 Å². The van der Waals surface area contributed by atoms with E-state index in [9.17, 15) is 18.0 Å². The molecular weight excluding hydrogens is 356 g/mol. The van der Waals surface area contributed by atoms with Crippen LogP contribution in [0.1, 0.15) is 30.9 Å². The number of aryl methyl sites for hydroxylation is 1. The minimum absolute atomic E-state index is 0.0368. The van der Waals surface area contributed by atoms with E-state index >= 15 is 0 Å². The lowest BCUT2D eigenvalue weighted by Gasteiger charge is -2.09. The van der Waals surface area contributed by atoms with Crippen molar-refractivity contribution < 1.29 is 22.4 Å². The summed E-state index contributed by atoms with van der Waals surface area (Å²) in [6.07, 6.45) is 3.12. The molecule has 2 aromatic rings. The zero-order valence-corrected chi connectivity index (χ0v) is 15.4. The fourth-order valence-electron chi connectivity index (χ4n) is 3.19. The summed E-state index contributed by atoms with van der Waals surface area (Å²) in [4.78, 5) is 23.9. The highest BCUT2D eigenvalue weighted by atomic mass is 32.2. The van der Waals surface area contributed by atoms with Gasteiger partial charge in [0.15, 0.2) is 9.84 Å². The third-order valence-corrected chi connectivity index (χ3v) is 6.46. The lowest BCUT2D eigenvalue weighted by Crippen LogP contribution is -2.43. The Morgan fingerprint density at radius 1 is 1.23 bits per heavy atom. The molecule has 0 spiro atoms. The summed E-state index contributed by atoms with van der Waals surface area (Å²) in [5.74, 6) is -0.757. The second kappa shape index (κ2) is 7.49. The van der Waals surface area contributed by atoms with Crippen molar-refractivity contribution in [1.29, 1.82) is 0 Å². The molecule has 3 rings (SSSR count). The van der Waals surface area contributed by atoms with Crippen LogP contribution in [0, 0.1) is 5.92 Å². The molecule has 7 nitrogen and oxygen atoms in total. The van der Waals surface area contributed by atoms with Crippen molar-refractivity contribution in [2.24, 2.45) is 5.92 Å². The first-order valence-corrected chi connectivity index (χ1v) is 10.5. The van der Waals surface area contributed by atoms with Crippen molar-refractivity contribution in [3.05, 3.63) is 35.6 Å². The number of carbonyl (C=O) groups excluding carboxylic acids is 2. The Bertz CT molecular complexity index is 932. The molecule has 1 saturated heterocycles. The van der Waals surface area contributed by atoms with Crippen LogP contribution < -0.4 is 10.9 Å². The second-order valence-corrected chi connectivity index (χ2v) is 8.92. The molecule has 1 aromatic carbocycles. The number of hydrogen-bond acceptors (Lipinski definition) is 5. The van der Waals surface area contributed by atoms with Crippen LogP contribution in [-0.4, -0.2) is 31.7 Å². The molecule has 0 bridgehead atoms. The van der Waals surface area contributed by atoms with Crippen molar-refractivity contribution in [2.45, 2.75) is 32.6 Å². The highest BCUT2D eigenvalue weighted by Crippen LogP contribution is 2.23. The number of nitrogens with one attached hydrogen (secondary N) is 2. The number of fused-ring (bicyclic) bond motifs is 1. The third kappa shape index (κ3) is 4.43. The Morgan fingerprint density at radius 2 is 2.00 bits per heavy atom. The van der Waals surface area contributed by atoms with E-state index in [1.807, 2.05) is 18.2 Å². The molecule has 1 fully saturated rings. The number of carbonyl (C=O) groups is 2. The van der Waals surface area contributed by atoms with Gasteiger partial charge in [0.2, 0.25) is 11.8 Å². The van der Waals surface area contributed by atoms with Crippen molar-refractivity contribution >= 4 is 32.6 Å². The average molecular weight is 378 g/mol. The lowest BCUT2D eigenvalue weighted by molar-refractivity contribution is -0.129. The van der Waals surface area contributed by atoms with Crippen LogP contribution in [-0.2, 0) is 32.3 Å². The monoisotopic (exact) mass is 378 g/mol. The van der Waals surface area contributed by atoms with Gasteiger partial charge in [-0.15, -0.1) is 0 Å². The molecule has 1 aliphatic heterocycles. The first-order valence-electron chi connectivity index (χ1n) is 8.63. The van der Waals surface area contributed by atoms with Gasteiger partial charge in [-0.05, 0) is 30.4 Å². The van der Waals surface area contributed by atoms with Crippen LogP contribution >= 0.6 is 0 Å². The van der Waals surface area contributed by atoms with Crippen LogP contribution in [0.5, 0.6) is 0 Å². The molecule has 1 aromatic heterocycles. The summed E-state index contributed by atoms with van der Waals surface area (Å²) in [7, 11) is -3.01. The lowest BCUT2D eigenvalue weighted by atomic mass is 10.1. The molecule has 2 heterocycles. The Balaban J connectivity index is 1.50. The van der Waals surface area contributed by atoms with Gasteiger partial charge in [0.1, 0.15) is 5.58 Å². The van der Waals surface area contributed by atoms with Crippen LogP contribution in [0.25, 0.3) is 11.0 Å². The van der Waals surface area contributed by atoms with Gasteiger partial charge in [0.05, 0.1) is 24.2 Å². The fraction of sp³-hybridized carbons (Fsp3) is 0.444. The topological polar surface area (TPSA) is 105 Å². The van der Waals surface area contributed by atoms with Crippen molar-refractivity contribution in [3.63, 3.8) is 0 Å². The van der Waals surface area contributed by atoms with Gasteiger partial charge in [0, 0.05) is 17.4 Å². The molecule has 1 aliphatic rings. The molecule has 0 unspecified atom stereocenters. The van der Waals surface area contributed by atoms with E-state index in [0.717, 1.165) is 28.5 Å². The zero-order chi connectivity index (χ0) is 18.7. The molecule has 1 atom stereocenters. The predicted molar refractivity (Wildman–Crippen MR) is 97.0 cm³/mol. The summed E-state index contributed by atoms with van der Waals surface area (Å²) < 4.78 is 28.3. The maximum absolute atomic E-state index is 12.1. The first kappa shape index (κ1) is 18.4. The molecule has 0 radical (unpaired) electrons. The summed E-state index contributed by atoms with van der Waals surface area (Å²) in [6, 6.07) is 5.88.